The van der Waals surface area contributed by atoms with E-state index in [0.717, 1.165) is 19.9 Å². The molecular formula is C36H41N9O18P2. The summed E-state index contributed by atoms with van der Waals surface area (Å²) in [5, 5.41) is 23.1. The van der Waals surface area contributed by atoms with Gasteiger partial charge in [-0.15, -0.1) is 5.73 Å². The van der Waals surface area contributed by atoms with Gasteiger partial charge in [0, 0.05) is 37.9 Å². The number of phosphoric ester groups is 2. The third-order valence-corrected chi connectivity index (χ3v) is 12.1. The van der Waals surface area contributed by atoms with E-state index in [1.54, 1.807) is 12.2 Å². The standard InChI is InChI=1S/C36H41N9O18P2/c37-27-7-10-43(34(50)40-27)29-12-21(47)25(60-29)17-57-64(53,54)63-23-14-31(45-15-20(33(49)42-36(45)52)6-3-9-39-32(48)19-4-1-2-5-19)61-26(23)18-58-65(55,56)62-22-13-30(59-24(22)16-46)44-11-8-28(38)41-35(44)51/h1-2,4,7-8,10-11,15,21-26,29-31,46-47H,9,12-14,16-18H2,(H,39,48)(H,53,54)(H,55,56)(H2,37,40,50)(H2,38,41,51)(H,42,49,52)/t21-,22-,23-,24+,25+,26+,29+,30+,31+/m0/s1. The number of rotatable bonds is 16. The number of nitrogens with two attached hydrogens (primary N) is 2. The molecule has 0 bridgehead atoms. The van der Waals surface area contributed by atoms with Gasteiger partial charge in [-0.25, -0.2) is 23.5 Å². The highest BCUT2D eigenvalue weighted by Gasteiger charge is 2.46. The summed E-state index contributed by atoms with van der Waals surface area (Å²) in [7, 11) is -10.3. The van der Waals surface area contributed by atoms with E-state index in [1.807, 2.05) is 0 Å². The van der Waals surface area contributed by atoms with Crippen molar-refractivity contribution < 1.29 is 66.2 Å². The largest absolute Gasteiger partial charge is 0.472 e. The molecule has 4 aliphatic rings. The zero-order valence-electron chi connectivity index (χ0n) is 33.6. The second-order valence-electron chi connectivity index (χ2n) is 14.5. The number of ether oxygens (including phenoxy) is 3. The first kappa shape index (κ1) is 47.3. The van der Waals surface area contributed by atoms with Gasteiger partial charge in [-0.3, -0.25) is 46.4 Å². The van der Waals surface area contributed by atoms with E-state index in [-0.39, 0.29) is 42.2 Å². The zero-order chi connectivity index (χ0) is 46.6. The Hall–Kier alpha value is -5.65. The van der Waals surface area contributed by atoms with Gasteiger partial charge < -0.3 is 51.0 Å². The lowest BCUT2D eigenvalue weighted by Crippen LogP contribution is -2.34. The predicted octanol–water partition coefficient (Wildman–Crippen LogP) is -2.45. The molecule has 3 aromatic heterocycles. The Morgan fingerprint density at radius 2 is 1.43 bits per heavy atom. The van der Waals surface area contributed by atoms with Crippen molar-refractivity contribution in [3.63, 3.8) is 0 Å². The van der Waals surface area contributed by atoms with Crippen molar-refractivity contribution in [1.29, 1.82) is 0 Å². The molecule has 3 aromatic rings. The maximum Gasteiger partial charge on any atom is 0.472 e. The molecule has 1 aliphatic carbocycles. The highest BCUT2D eigenvalue weighted by molar-refractivity contribution is 7.47. The van der Waals surface area contributed by atoms with E-state index < -0.39 is 126 Å². The number of nitrogens with zero attached hydrogens (tertiary/aromatic N) is 5. The van der Waals surface area contributed by atoms with Gasteiger partial charge in [-0.05, 0) is 24.3 Å². The van der Waals surface area contributed by atoms with Crippen molar-refractivity contribution in [2.45, 2.75) is 74.6 Å². The van der Waals surface area contributed by atoms with Gasteiger partial charge in [0.1, 0.15) is 66.4 Å². The number of hydrogen-bond donors (Lipinski definition) is 8. The average molecular weight is 950 g/mol. The fourth-order valence-electron chi connectivity index (χ4n) is 6.96. The lowest BCUT2D eigenvalue weighted by atomic mass is 10.2. The highest BCUT2D eigenvalue weighted by atomic mass is 31.2. The number of hydrogen-bond acceptors (Lipinski definition) is 20. The van der Waals surface area contributed by atoms with Crippen molar-refractivity contribution in [2.75, 3.05) is 37.8 Å². The molecule has 3 saturated heterocycles. The summed E-state index contributed by atoms with van der Waals surface area (Å²) < 4.78 is 68.1. The minimum absolute atomic E-state index is 0.0517. The van der Waals surface area contributed by atoms with E-state index in [1.165, 1.54) is 30.6 Å². The topological polar surface area (TPSA) is 385 Å². The van der Waals surface area contributed by atoms with E-state index in [2.05, 4.69) is 37.8 Å². The van der Waals surface area contributed by atoms with Crippen LogP contribution in [0.3, 0.4) is 0 Å². The normalized spacial score (nSPS) is 27.8. The summed E-state index contributed by atoms with van der Waals surface area (Å²) in [6.45, 7) is -2.58. The molecule has 348 valence electrons. The lowest BCUT2D eigenvalue weighted by Gasteiger charge is -2.24. The first-order valence-corrected chi connectivity index (χ1v) is 22.4. The van der Waals surface area contributed by atoms with Crippen LogP contribution in [0, 0.1) is 11.8 Å². The second kappa shape index (κ2) is 19.8. The van der Waals surface area contributed by atoms with Crippen LogP contribution in [0.4, 0.5) is 11.6 Å². The van der Waals surface area contributed by atoms with Crippen LogP contribution in [0.5, 0.6) is 0 Å². The minimum Gasteiger partial charge on any atom is -0.394 e. The Kier molecular flexibility index (Phi) is 14.4. The first-order valence-electron chi connectivity index (χ1n) is 19.4. The van der Waals surface area contributed by atoms with Crippen LogP contribution < -0.4 is 39.4 Å². The first-order chi connectivity index (χ1) is 30.9. The molecule has 29 heteroatoms. The molecular weight excluding hydrogens is 908 g/mol. The minimum atomic E-state index is -5.18. The highest BCUT2D eigenvalue weighted by Crippen LogP contribution is 2.52. The number of amides is 1. The Morgan fingerprint density at radius 1 is 0.877 bits per heavy atom. The molecule has 1 amide bonds. The van der Waals surface area contributed by atoms with E-state index in [4.69, 9.17) is 43.8 Å². The number of aromatic nitrogens is 6. The van der Waals surface area contributed by atoms with Crippen molar-refractivity contribution in [3.8, 4) is 11.8 Å². The number of phosphoric acid groups is 2. The van der Waals surface area contributed by atoms with Crippen LogP contribution in [0.25, 0.3) is 0 Å². The number of allylic oxidation sites excluding steroid dienone is 1. The molecule has 11 atom stereocenters. The molecule has 2 unspecified atom stereocenters. The average Bonchev–Trinajstić information content (AvgIpc) is 4.06. The van der Waals surface area contributed by atoms with E-state index in [9.17, 15) is 53.1 Å². The number of carbonyl (C=O) groups excluding carboxylic acids is 1. The third-order valence-electron chi connectivity index (χ3n) is 10.1. The number of nitrogens with one attached hydrogen (secondary N) is 2. The van der Waals surface area contributed by atoms with Crippen LogP contribution >= 0.6 is 15.6 Å². The van der Waals surface area contributed by atoms with Crippen molar-refractivity contribution >= 4 is 33.2 Å². The summed E-state index contributed by atoms with van der Waals surface area (Å²) in [6.07, 6.45) is -4.37. The molecule has 65 heavy (non-hydrogen) atoms. The number of nitrogen functional groups attached to an aromatic ring is 2. The van der Waals surface area contributed by atoms with Crippen molar-refractivity contribution in [3.05, 3.63) is 108 Å². The van der Waals surface area contributed by atoms with Gasteiger partial charge in [0.15, 0.2) is 0 Å². The zero-order valence-corrected chi connectivity index (χ0v) is 35.3. The Bertz CT molecular complexity index is 2810. The molecule has 0 spiro atoms. The molecule has 6 heterocycles. The number of aliphatic hydroxyl groups is 2. The number of H-pyrrole nitrogens is 1. The van der Waals surface area contributed by atoms with Gasteiger partial charge in [-0.1, -0.05) is 17.9 Å². The van der Waals surface area contributed by atoms with Crippen LogP contribution in [-0.4, -0.2) is 118 Å². The Labute approximate surface area is 364 Å². The van der Waals surface area contributed by atoms with Crippen LogP contribution in [0.1, 0.15) is 43.5 Å². The van der Waals surface area contributed by atoms with Gasteiger partial charge in [0.05, 0.1) is 38.0 Å². The number of anilines is 2. The van der Waals surface area contributed by atoms with E-state index >= 15 is 0 Å². The Balaban J connectivity index is 1.05. The molecule has 0 aromatic carbocycles. The fraction of sp³-hybridized carbons (Fsp3) is 0.444. The second-order valence-corrected chi connectivity index (χ2v) is 17.3. The third kappa shape index (κ3) is 11.6. The van der Waals surface area contributed by atoms with Crippen LogP contribution in [0.2, 0.25) is 0 Å². The molecule has 0 saturated carbocycles. The van der Waals surface area contributed by atoms with Gasteiger partial charge in [0.2, 0.25) is 0 Å². The van der Waals surface area contributed by atoms with E-state index in [0.29, 0.717) is 0 Å². The van der Waals surface area contributed by atoms with Crippen LogP contribution in [-0.2, 0) is 46.2 Å². The molecule has 3 aliphatic heterocycles. The maximum absolute atomic E-state index is 13.4. The predicted molar refractivity (Wildman–Crippen MR) is 218 cm³/mol. The number of aromatic amines is 1. The van der Waals surface area contributed by atoms with Gasteiger partial charge in [0.25, 0.3) is 11.5 Å². The van der Waals surface area contributed by atoms with Crippen LogP contribution in [0.15, 0.2) is 79.4 Å². The number of aliphatic hydroxyl groups excluding tert-OH is 2. The lowest BCUT2D eigenvalue weighted by molar-refractivity contribution is -0.116. The smallest absolute Gasteiger partial charge is 0.394 e. The Morgan fingerprint density at radius 3 is 2.02 bits per heavy atom. The molecule has 3 fully saturated rings. The quantitative estimate of drug-likeness (QED) is 0.0420. The monoisotopic (exact) mass is 949 g/mol. The molecule has 10 N–H and O–H groups in total. The SMILES string of the molecule is Nc1ccn([C@H]2C[C@H](OP(=O)(O)OC[C@H]3O[C@@H](n4cc(C#CCNC(=O)C5=C=CC=C5)c(=O)[nH]c4=O)C[C@@H]3OP(=O)(O)OC[C@H]3O[C@@H](n4ccc(N)nc4=O)C[C@@H]3O)[C@@H](CO)O2)c(=O)n1. The summed E-state index contributed by atoms with van der Waals surface area (Å²) in [4.78, 5) is 93.7. The van der Waals surface area contributed by atoms with Gasteiger partial charge >= 0.3 is 32.7 Å². The maximum atomic E-state index is 13.4. The van der Waals surface area contributed by atoms with Crippen molar-refractivity contribution in [2.24, 2.45) is 0 Å². The van der Waals surface area contributed by atoms with Crippen molar-refractivity contribution in [1.82, 2.24) is 34.0 Å². The number of carbonyl (C=O) groups is 1. The summed E-state index contributed by atoms with van der Waals surface area (Å²) in [5.41, 5.74) is 10.3. The molecule has 7 rings (SSSR count). The molecule has 0 radical (unpaired) electrons. The van der Waals surface area contributed by atoms with Gasteiger partial charge in [-0.2, -0.15) is 9.97 Å². The fourth-order valence-corrected chi connectivity index (χ4v) is 8.88. The summed E-state index contributed by atoms with van der Waals surface area (Å²) in [5.74, 6) is 4.53. The summed E-state index contributed by atoms with van der Waals surface area (Å²) >= 11 is 0. The molecule has 27 nitrogen and oxygen atoms in total. The summed E-state index contributed by atoms with van der Waals surface area (Å²) in [6, 6.07) is 2.64.